The third kappa shape index (κ3) is 5.89. The van der Waals surface area contributed by atoms with Crippen molar-refractivity contribution >= 4 is 34.9 Å². The number of carbonyl (C=O) groups excluding carboxylic acids is 3. The van der Waals surface area contributed by atoms with Gasteiger partial charge in [0.25, 0.3) is 0 Å². The van der Waals surface area contributed by atoms with Crippen molar-refractivity contribution < 1.29 is 14.4 Å². The SMILES string of the molecule is NC(=O)CNC(=O)C(=O)NCC(N)=S. The van der Waals surface area contributed by atoms with Crippen molar-refractivity contribution in [3.8, 4) is 0 Å². The van der Waals surface area contributed by atoms with Crippen molar-refractivity contribution in [2.75, 3.05) is 13.1 Å². The summed E-state index contributed by atoms with van der Waals surface area (Å²) in [4.78, 5) is 32.0. The minimum atomic E-state index is -0.958. The molecule has 0 aromatic rings. The third-order valence-electron chi connectivity index (χ3n) is 1.05. The summed E-state index contributed by atoms with van der Waals surface area (Å²) in [6.07, 6.45) is 0. The van der Waals surface area contributed by atoms with Crippen LogP contribution in [0.3, 0.4) is 0 Å². The van der Waals surface area contributed by atoms with Crippen LogP contribution in [0.25, 0.3) is 0 Å². The van der Waals surface area contributed by atoms with Crippen LogP contribution < -0.4 is 22.1 Å². The van der Waals surface area contributed by atoms with Crippen molar-refractivity contribution in [2.24, 2.45) is 11.5 Å². The Hall–Kier alpha value is -1.70. The maximum atomic E-state index is 10.9. The number of nitrogens with one attached hydrogen (secondary N) is 2. The number of hydrogen-bond donors (Lipinski definition) is 4. The molecule has 0 unspecified atom stereocenters. The molecule has 3 amide bonds. The van der Waals surface area contributed by atoms with E-state index in [0.717, 1.165) is 0 Å². The number of amides is 3. The summed E-state index contributed by atoms with van der Waals surface area (Å²) in [5.74, 6) is -2.61. The molecule has 0 atom stereocenters. The maximum Gasteiger partial charge on any atom is 0.309 e. The molecular formula is C6H10N4O3S. The van der Waals surface area contributed by atoms with Gasteiger partial charge in [0.2, 0.25) is 5.91 Å². The molecule has 78 valence electrons. The molecule has 0 aromatic heterocycles. The molecule has 0 aliphatic heterocycles. The van der Waals surface area contributed by atoms with E-state index in [4.69, 9.17) is 11.5 Å². The Bertz CT molecular complexity index is 250. The van der Waals surface area contributed by atoms with Gasteiger partial charge in [-0.1, -0.05) is 12.2 Å². The standard InChI is InChI=1S/C6H10N4O3S/c7-3(11)1-9-5(12)6(13)10-2-4(8)14/h1-2H2,(H2,7,11)(H2,8,14)(H,9,12)(H,10,13). The summed E-state index contributed by atoms with van der Waals surface area (Å²) in [6.45, 7) is -0.461. The Labute approximate surface area is 85.2 Å². The Morgan fingerprint density at radius 3 is 1.79 bits per heavy atom. The monoisotopic (exact) mass is 218 g/mol. The molecule has 0 aromatic carbocycles. The van der Waals surface area contributed by atoms with Crippen molar-refractivity contribution in [3.63, 3.8) is 0 Å². The first-order valence-corrected chi connectivity index (χ1v) is 3.97. The summed E-state index contributed by atoms with van der Waals surface area (Å²) in [5, 5.41) is 4.13. The van der Waals surface area contributed by atoms with E-state index in [9.17, 15) is 14.4 Å². The molecule has 0 saturated heterocycles. The normalized spacial score (nSPS) is 8.86. The van der Waals surface area contributed by atoms with Crippen LogP contribution in [0, 0.1) is 0 Å². The van der Waals surface area contributed by atoms with Gasteiger partial charge in [0.15, 0.2) is 0 Å². The van der Waals surface area contributed by atoms with Crippen LogP contribution in [-0.4, -0.2) is 35.8 Å². The Morgan fingerprint density at radius 1 is 1.00 bits per heavy atom. The second kappa shape index (κ2) is 5.86. The topological polar surface area (TPSA) is 127 Å². The van der Waals surface area contributed by atoms with Crippen molar-refractivity contribution in [3.05, 3.63) is 0 Å². The Kier molecular flexibility index (Phi) is 5.15. The van der Waals surface area contributed by atoms with Crippen LogP contribution in [-0.2, 0) is 14.4 Å². The molecule has 7 nitrogen and oxygen atoms in total. The summed E-state index contributed by atoms with van der Waals surface area (Å²) < 4.78 is 0. The number of rotatable bonds is 4. The van der Waals surface area contributed by atoms with Gasteiger partial charge in [-0.3, -0.25) is 14.4 Å². The first-order valence-electron chi connectivity index (χ1n) is 3.56. The molecular weight excluding hydrogens is 208 g/mol. The van der Waals surface area contributed by atoms with Gasteiger partial charge < -0.3 is 22.1 Å². The highest BCUT2D eigenvalue weighted by molar-refractivity contribution is 7.80. The molecule has 0 aliphatic rings. The molecule has 6 N–H and O–H groups in total. The largest absolute Gasteiger partial charge is 0.392 e. The van der Waals surface area contributed by atoms with E-state index in [2.05, 4.69) is 17.5 Å². The number of hydrogen-bond acceptors (Lipinski definition) is 4. The van der Waals surface area contributed by atoms with E-state index in [1.807, 2.05) is 5.32 Å². The molecule has 8 heteroatoms. The van der Waals surface area contributed by atoms with E-state index in [1.165, 1.54) is 0 Å². The number of nitrogens with two attached hydrogens (primary N) is 2. The average molecular weight is 218 g/mol. The summed E-state index contributed by atoms with van der Waals surface area (Å²) in [6, 6.07) is 0. The fourth-order valence-electron chi connectivity index (χ4n) is 0.495. The van der Waals surface area contributed by atoms with Gasteiger partial charge in [-0.15, -0.1) is 0 Å². The second-order valence-corrected chi connectivity index (χ2v) is 2.82. The summed E-state index contributed by atoms with van der Waals surface area (Å²) in [7, 11) is 0. The molecule has 0 radical (unpaired) electrons. The molecule has 0 spiro atoms. The van der Waals surface area contributed by atoms with Gasteiger partial charge in [0.1, 0.15) is 0 Å². The van der Waals surface area contributed by atoms with E-state index < -0.39 is 17.7 Å². The number of carbonyl (C=O) groups is 3. The van der Waals surface area contributed by atoms with Crippen LogP contribution in [0.15, 0.2) is 0 Å². The first kappa shape index (κ1) is 12.3. The van der Waals surface area contributed by atoms with E-state index >= 15 is 0 Å². The zero-order chi connectivity index (χ0) is 11.1. The molecule has 0 bridgehead atoms. The van der Waals surface area contributed by atoms with Gasteiger partial charge in [-0.05, 0) is 0 Å². The molecule has 0 heterocycles. The lowest BCUT2D eigenvalue weighted by Crippen LogP contribution is -2.45. The van der Waals surface area contributed by atoms with Gasteiger partial charge >= 0.3 is 11.8 Å². The second-order valence-electron chi connectivity index (χ2n) is 2.30. The third-order valence-corrected chi connectivity index (χ3v) is 1.20. The van der Waals surface area contributed by atoms with Crippen molar-refractivity contribution in [1.82, 2.24) is 10.6 Å². The highest BCUT2D eigenvalue weighted by atomic mass is 32.1. The number of primary amides is 1. The first-order chi connectivity index (χ1) is 6.43. The molecule has 14 heavy (non-hydrogen) atoms. The van der Waals surface area contributed by atoms with Crippen LogP contribution in [0.4, 0.5) is 0 Å². The van der Waals surface area contributed by atoms with Gasteiger partial charge in [-0.2, -0.15) is 0 Å². The average Bonchev–Trinajstić information content (AvgIpc) is 2.09. The fourth-order valence-corrected chi connectivity index (χ4v) is 0.568. The van der Waals surface area contributed by atoms with Crippen molar-refractivity contribution in [1.29, 1.82) is 0 Å². The van der Waals surface area contributed by atoms with Gasteiger partial charge in [0.05, 0.1) is 18.1 Å². The quantitative estimate of drug-likeness (QED) is 0.295. The molecule has 0 saturated carbocycles. The Morgan fingerprint density at radius 2 is 1.43 bits per heavy atom. The van der Waals surface area contributed by atoms with E-state index in [1.54, 1.807) is 0 Å². The van der Waals surface area contributed by atoms with E-state index in [0.29, 0.717) is 0 Å². The van der Waals surface area contributed by atoms with Crippen LogP contribution >= 0.6 is 12.2 Å². The van der Waals surface area contributed by atoms with Crippen molar-refractivity contribution in [2.45, 2.75) is 0 Å². The highest BCUT2D eigenvalue weighted by Gasteiger charge is 2.12. The zero-order valence-corrected chi connectivity index (χ0v) is 8.02. The lowest BCUT2D eigenvalue weighted by molar-refractivity contribution is -0.139. The van der Waals surface area contributed by atoms with Crippen LogP contribution in [0.5, 0.6) is 0 Å². The summed E-state index contributed by atoms with van der Waals surface area (Å²) >= 11 is 4.46. The lowest BCUT2D eigenvalue weighted by atomic mass is 10.5. The van der Waals surface area contributed by atoms with Gasteiger partial charge in [-0.25, -0.2) is 0 Å². The predicted molar refractivity (Wildman–Crippen MR) is 52.0 cm³/mol. The van der Waals surface area contributed by atoms with Crippen LogP contribution in [0.2, 0.25) is 0 Å². The predicted octanol–water partition coefficient (Wildman–Crippen LogP) is -3.01. The number of thiocarbonyl (C=S) groups is 1. The molecule has 0 aliphatic carbocycles. The smallest absolute Gasteiger partial charge is 0.309 e. The summed E-state index contributed by atoms with van der Waals surface area (Å²) in [5.41, 5.74) is 9.81. The van der Waals surface area contributed by atoms with E-state index in [-0.39, 0.29) is 18.1 Å². The molecule has 0 fully saturated rings. The van der Waals surface area contributed by atoms with Crippen LogP contribution in [0.1, 0.15) is 0 Å². The zero-order valence-electron chi connectivity index (χ0n) is 7.20. The minimum absolute atomic E-state index is 0.0565. The molecule has 0 rings (SSSR count). The lowest BCUT2D eigenvalue weighted by Gasteiger charge is -2.03. The maximum absolute atomic E-state index is 10.9. The highest BCUT2D eigenvalue weighted by Crippen LogP contribution is 1.69. The van der Waals surface area contributed by atoms with Gasteiger partial charge in [0, 0.05) is 0 Å². The Balaban J connectivity index is 3.82. The minimum Gasteiger partial charge on any atom is -0.392 e. The fraction of sp³-hybridized carbons (Fsp3) is 0.333.